The molecule has 5 nitrogen and oxygen atoms in total. The highest BCUT2D eigenvalue weighted by Gasteiger charge is 2.16. The Balaban J connectivity index is 2.50. The van der Waals surface area contributed by atoms with Crippen molar-refractivity contribution in [3.63, 3.8) is 0 Å². The molecule has 0 radical (unpaired) electrons. The summed E-state index contributed by atoms with van der Waals surface area (Å²) >= 11 is 0. The van der Waals surface area contributed by atoms with Crippen LogP contribution in [0.2, 0.25) is 0 Å². The molecule has 0 aliphatic heterocycles. The van der Waals surface area contributed by atoms with E-state index in [2.05, 4.69) is 15.5 Å². The molecule has 0 spiro atoms. The van der Waals surface area contributed by atoms with E-state index in [1.165, 1.54) is 6.07 Å². The van der Waals surface area contributed by atoms with Crippen LogP contribution in [0.3, 0.4) is 0 Å². The van der Waals surface area contributed by atoms with Crippen LogP contribution in [0.25, 0.3) is 11.4 Å². The van der Waals surface area contributed by atoms with Crippen LogP contribution < -0.4 is 5.73 Å². The maximum absolute atomic E-state index is 13.8. The summed E-state index contributed by atoms with van der Waals surface area (Å²) in [5.41, 5.74) is 6.25. The zero-order valence-electron chi connectivity index (χ0n) is 9.76. The first kappa shape index (κ1) is 11.5. The van der Waals surface area contributed by atoms with Crippen molar-refractivity contribution in [1.82, 2.24) is 20.2 Å². The van der Waals surface area contributed by atoms with Crippen molar-refractivity contribution in [2.45, 2.75) is 26.3 Å². The Bertz CT molecular complexity index is 522. The molecular weight excluding hydrogens is 221 g/mol. The molecule has 6 heteroatoms. The molecule has 1 heterocycles. The number of nitrogen functional groups attached to an aromatic ring is 1. The van der Waals surface area contributed by atoms with Crippen LogP contribution in [-0.2, 0) is 0 Å². The van der Waals surface area contributed by atoms with Crippen molar-refractivity contribution in [2.75, 3.05) is 5.73 Å². The van der Waals surface area contributed by atoms with Crippen LogP contribution in [0, 0.1) is 5.82 Å². The second-order valence-electron chi connectivity index (χ2n) is 3.94. The Hall–Kier alpha value is -1.98. The molecule has 90 valence electrons. The predicted molar refractivity (Wildman–Crippen MR) is 62.6 cm³/mol. The summed E-state index contributed by atoms with van der Waals surface area (Å²) in [4.78, 5) is 0. The Labute approximate surface area is 98.4 Å². The number of nitrogens with two attached hydrogens (primary N) is 1. The van der Waals surface area contributed by atoms with Gasteiger partial charge in [-0.05, 0) is 42.0 Å². The summed E-state index contributed by atoms with van der Waals surface area (Å²) in [7, 11) is 0. The number of hydrogen-bond donors (Lipinski definition) is 1. The molecule has 1 aromatic carbocycles. The maximum atomic E-state index is 13.8. The highest BCUT2D eigenvalue weighted by molar-refractivity contribution is 5.59. The molecule has 1 unspecified atom stereocenters. The van der Waals surface area contributed by atoms with Crippen LogP contribution in [0.4, 0.5) is 10.1 Å². The summed E-state index contributed by atoms with van der Waals surface area (Å²) in [5, 5.41) is 11.3. The minimum atomic E-state index is -0.413. The van der Waals surface area contributed by atoms with E-state index in [0.29, 0.717) is 17.1 Å². The van der Waals surface area contributed by atoms with E-state index in [-0.39, 0.29) is 6.04 Å². The zero-order valence-corrected chi connectivity index (χ0v) is 9.76. The highest BCUT2D eigenvalue weighted by atomic mass is 19.1. The normalized spacial score (nSPS) is 12.6. The molecule has 1 aromatic heterocycles. The van der Waals surface area contributed by atoms with E-state index in [9.17, 15) is 4.39 Å². The molecule has 2 aromatic rings. The lowest BCUT2D eigenvalue weighted by Gasteiger charge is -2.11. The highest BCUT2D eigenvalue weighted by Crippen LogP contribution is 2.24. The number of tetrazole rings is 1. The summed E-state index contributed by atoms with van der Waals surface area (Å²) in [5.74, 6) is 0.0150. The molecular formula is C11H14FN5. The Kier molecular flexibility index (Phi) is 3.03. The smallest absolute Gasteiger partial charge is 0.185 e. The van der Waals surface area contributed by atoms with E-state index in [1.54, 1.807) is 16.8 Å². The number of hydrogen-bond acceptors (Lipinski definition) is 4. The Morgan fingerprint density at radius 1 is 1.47 bits per heavy atom. The lowest BCUT2D eigenvalue weighted by Crippen LogP contribution is -2.08. The van der Waals surface area contributed by atoms with Crippen molar-refractivity contribution in [3.05, 3.63) is 24.0 Å². The molecule has 0 bridgehead atoms. The minimum absolute atomic E-state index is 0.122. The van der Waals surface area contributed by atoms with Gasteiger partial charge in [0.1, 0.15) is 5.82 Å². The van der Waals surface area contributed by atoms with Gasteiger partial charge in [0.15, 0.2) is 5.82 Å². The van der Waals surface area contributed by atoms with Gasteiger partial charge in [0.25, 0.3) is 0 Å². The van der Waals surface area contributed by atoms with Crippen molar-refractivity contribution >= 4 is 5.69 Å². The molecule has 0 fully saturated rings. The van der Waals surface area contributed by atoms with Gasteiger partial charge in [-0.25, -0.2) is 9.07 Å². The zero-order chi connectivity index (χ0) is 12.4. The fraction of sp³-hybridized carbons (Fsp3) is 0.364. The van der Waals surface area contributed by atoms with Gasteiger partial charge in [-0.2, -0.15) is 0 Å². The van der Waals surface area contributed by atoms with E-state index < -0.39 is 5.82 Å². The summed E-state index contributed by atoms with van der Waals surface area (Å²) in [6.45, 7) is 4.00. The van der Waals surface area contributed by atoms with Crippen LogP contribution in [-0.4, -0.2) is 20.2 Å². The lowest BCUT2D eigenvalue weighted by atomic mass is 10.1. The topological polar surface area (TPSA) is 69.6 Å². The van der Waals surface area contributed by atoms with E-state index >= 15 is 0 Å². The van der Waals surface area contributed by atoms with Crippen LogP contribution in [0.1, 0.15) is 26.3 Å². The Morgan fingerprint density at radius 2 is 2.24 bits per heavy atom. The average molecular weight is 235 g/mol. The summed E-state index contributed by atoms with van der Waals surface area (Å²) in [6.07, 6.45) is 0.870. The predicted octanol–water partition coefficient (Wildman–Crippen LogP) is 2.03. The first-order valence-electron chi connectivity index (χ1n) is 5.46. The molecule has 0 saturated carbocycles. The van der Waals surface area contributed by atoms with Gasteiger partial charge >= 0.3 is 0 Å². The van der Waals surface area contributed by atoms with Gasteiger partial charge in [-0.15, -0.1) is 5.10 Å². The van der Waals surface area contributed by atoms with Gasteiger partial charge in [0, 0.05) is 5.69 Å². The van der Waals surface area contributed by atoms with E-state index in [1.807, 2.05) is 13.8 Å². The van der Waals surface area contributed by atoms with Crippen molar-refractivity contribution < 1.29 is 4.39 Å². The SMILES string of the molecule is CCC(C)n1nnnc1-c1ccc(N)cc1F. The van der Waals surface area contributed by atoms with Gasteiger partial charge in [0.2, 0.25) is 0 Å². The number of halogens is 1. The average Bonchev–Trinajstić information content (AvgIpc) is 2.77. The number of benzene rings is 1. The molecule has 0 aliphatic carbocycles. The molecule has 1 atom stereocenters. The number of rotatable bonds is 3. The largest absolute Gasteiger partial charge is 0.399 e. The third-order valence-corrected chi connectivity index (χ3v) is 2.74. The molecule has 2 N–H and O–H groups in total. The molecule has 2 rings (SSSR count). The molecule has 0 amide bonds. The summed E-state index contributed by atoms with van der Waals surface area (Å²) < 4.78 is 15.4. The van der Waals surface area contributed by atoms with Crippen LogP contribution in [0.5, 0.6) is 0 Å². The lowest BCUT2D eigenvalue weighted by molar-refractivity contribution is 0.467. The van der Waals surface area contributed by atoms with Gasteiger partial charge in [-0.1, -0.05) is 6.92 Å². The minimum Gasteiger partial charge on any atom is -0.399 e. The fourth-order valence-corrected chi connectivity index (χ4v) is 1.55. The first-order valence-corrected chi connectivity index (χ1v) is 5.46. The van der Waals surface area contributed by atoms with Crippen molar-refractivity contribution in [1.29, 1.82) is 0 Å². The van der Waals surface area contributed by atoms with Crippen molar-refractivity contribution in [3.8, 4) is 11.4 Å². The number of anilines is 1. The molecule has 0 saturated heterocycles. The van der Waals surface area contributed by atoms with E-state index in [4.69, 9.17) is 5.73 Å². The molecule has 0 aliphatic rings. The van der Waals surface area contributed by atoms with E-state index in [0.717, 1.165) is 6.42 Å². The third-order valence-electron chi connectivity index (χ3n) is 2.74. The summed E-state index contributed by atoms with van der Waals surface area (Å²) in [6, 6.07) is 4.62. The second kappa shape index (κ2) is 4.48. The third kappa shape index (κ3) is 2.11. The van der Waals surface area contributed by atoms with Crippen molar-refractivity contribution in [2.24, 2.45) is 0 Å². The van der Waals surface area contributed by atoms with Crippen LogP contribution in [0.15, 0.2) is 18.2 Å². The second-order valence-corrected chi connectivity index (χ2v) is 3.94. The fourth-order valence-electron chi connectivity index (χ4n) is 1.55. The van der Waals surface area contributed by atoms with Gasteiger partial charge < -0.3 is 5.73 Å². The van der Waals surface area contributed by atoms with Gasteiger partial charge in [-0.3, -0.25) is 0 Å². The Morgan fingerprint density at radius 3 is 2.88 bits per heavy atom. The number of nitrogens with zero attached hydrogens (tertiary/aromatic N) is 4. The maximum Gasteiger partial charge on any atom is 0.185 e. The first-order chi connectivity index (χ1) is 8.13. The van der Waals surface area contributed by atoms with Gasteiger partial charge in [0.05, 0.1) is 11.6 Å². The molecule has 17 heavy (non-hydrogen) atoms. The van der Waals surface area contributed by atoms with Crippen LogP contribution >= 0.6 is 0 Å². The number of aromatic nitrogens is 4. The quantitative estimate of drug-likeness (QED) is 0.826. The standard InChI is InChI=1S/C11H14FN5/c1-3-7(2)17-11(14-15-16-17)9-5-4-8(13)6-10(9)12/h4-7H,3,13H2,1-2H3. The monoisotopic (exact) mass is 235 g/mol.